The molecule has 0 aliphatic carbocycles. The summed E-state index contributed by atoms with van der Waals surface area (Å²) in [6, 6.07) is 8.54. The van der Waals surface area contributed by atoms with Gasteiger partial charge in [-0.3, -0.25) is 4.99 Å². The van der Waals surface area contributed by atoms with Gasteiger partial charge >= 0.3 is 7.12 Å². The summed E-state index contributed by atoms with van der Waals surface area (Å²) in [6.07, 6.45) is 0. The fraction of sp³-hybridized carbons (Fsp3) is 0.588. The van der Waals surface area contributed by atoms with Crippen molar-refractivity contribution in [1.29, 1.82) is 0 Å². The van der Waals surface area contributed by atoms with Crippen LogP contribution < -0.4 is 10.4 Å². The highest BCUT2D eigenvalue weighted by Crippen LogP contribution is 2.36. The summed E-state index contributed by atoms with van der Waals surface area (Å²) in [7, 11) is 1.58. The van der Waals surface area contributed by atoms with Gasteiger partial charge in [-0.05, 0) is 45.3 Å². The van der Waals surface area contributed by atoms with E-state index >= 15 is 0 Å². The molecule has 1 aromatic rings. The number of aliphatic imine (C=N–C) groups is 1. The molecule has 0 aromatic heterocycles. The predicted octanol–water partition coefficient (Wildman–Crippen LogP) is 2.57. The molecule has 0 spiro atoms. The smallest absolute Gasteiger partial charge is 0.399 e. The molecule has 4 nitrogen and oxygen atoms in total. The molecular weight excluding hydrogens is 307 g/mol. The van der Waals surface area contributed by atoms with Crippen LogP contribution in [0.4, 0.5) is 5.69 Å². The molecule has 3 rings (SSSR count). The Balaban J connectivity index is 1.73. The zero-order valence-corrected chi connectivity index (χ0v) is 15.4. The normalized spacial score (nSPS) is 25.2. The van der Waals surface area contributed by atoms with Crippen LogP contribution in [0, 0.1) is 0 Å². The number of benzene rings is 1. The largest absolute Gasteiger partial charge is 0.494 e. The highest BCUT2D eigenvalue weighted by molar-refractivity contribution is 8.14. The monoisotopic (exact) mass is 332 g/mol. The molecule has 0 bridgehead atoms. The molecule has 2 saturated heterocycles. The Labute approximate surface area is 143 Å². The molecule has 124 valence electrons. The van der Waals surface area contributed by atoms with Crippen LogP contribution >= 0.6 is 11.8 Å². The van der Waals surface area contributed by atoms with Crippen molar-refractivity contribution >= 4 is 35.1 Å². The number of hydrogen-bond donors (Lipinski definition) is 0. The average Bonchev–Trinajstić information content (AvgIpc) is 2.76. The van der Waals surface area contributed by atoms with Gasteiger partial charge in [-0.2, -0.15) is 0 Å². The highest BCUT2D eigenvalue weighted by Gasteiger charge is 2.51. The van der Waals surface area contributed by atoms with Crippen LogP contribution in [-0.4, -0.2) is 49.3 Å². The summed E-state index contributed by atoms with van der Waals surface area (Å²) in [4.78, 5) is 6.70. The SMILES string of the molecule is CN=C1CN(c2ccc(B3OC(C)(C)C(C)(C)O3)cc2)CCS1. The first-order valence-corrected chi connectivity index (χ1v) is 9.10. The van der Waals surface area contributed by atoms with Crippen LogP contribution in [0.3, 0.4) is 0 Å². The lowest BCUT2D eigenvalue weighted by molar-refractivity contribution is 0.00578. The van der Waals surface area contributed by atoms with Crippen molar-refractivity contribution in [3.63, 3.8) is 0 Å². The maximum atomic E-state index is 6.11. The second-order valence-corrected chi connectivity index (χ2v) is 8.24. The minimum absolute atomic E-state index is 0.293. The Morgan fingerprint density at radius 1 is 1.09 bits per heavy atom. The molecule has 2 fully saturated rings. The van der Waals surface area contributed by atoms with Crippen LogP contribution in [0.1, 0.15) is 27.7 Å². The summed E-state index contributed by atoms with van der Waals surface area (Å²) >= 11 is 1.85. The van der Waals surface area contributed by atoms with E-state index in [9.17, 15) is 0 Å². The average molecular weight is 332 g/mol. The van der Waals surface area contributed by atoms with Crippen LogP contribution in [0.15, 0.2) is 29.3 Å². The fourth-order valence-electron chi connectivity index (χ4n) is 2.74. The molecule has 2 aliphatic rings. The highest BCUT2D eigenvalue weighted by atomic mass is 32.2. The Morgan fingerprint density at radius 2 is 1.70 bits per heavy atom. The van der Waals surface area contributed by atoms with E-state index < -0.39 is 0 Å². The van der Waals surface area contributed by atoms with Gasteiger partial charge in [-0.15, -0.1) is 11.8 Å². The molecule has 0 N–H and O–H groups in total. The van der Waals surface area contributed by atoms with Crippen molar-refractivity contribution in [3.05, 3.63) is 24.3 Å². The number of nitrogens with zero attached hydrogens (tertiary/aromatic N) is 2. The van der Waals surface area contributed by atoms with Crippen molar-refractivity contribution in [2.24, 2.45) is 4.99 Å². The van der Waals surface area contributed by atoms with Gasteiger partial charge in [-0.1, -0.05) is 12.1 Å². The van der Waals surface area contributed by atoms with Crippen molar-refractivity contribution in [2.45, 2.75) is 38.9 Å². The summed E-state index contributed by atoms with van der Waals surface area (Å²) in [5.41, 5.74) is 1.70. The first-order valence-electron chi connectivity index (χ1n) is 8.11. The van der Waals surface area contributed by atoms with E-state index in [1.807, 2.05) is 18.8 Å². The summed E-state index contributed by atoms with van der Waals surface area (Å²) in [6.45, 7) is 10.3. The molecule has 23 heavy (non-hydrogen) atoms. The third-order valence-electron chi connectivity index (χ3n) is 4.99. The summed E-state index contributed by atoms with van der Waals surface area (Å²) in [5.74, 6) is 1.09. The lowest BCUT2D eigenvalue weighted by Gasteiger charge is -2.32. The zero-order chi connectivity index (χ0) is 16.7. The topological polar surface area (TPSA) is 34.1 Å². The van der Waals surface area contributed by atoms with Crippen LogP contribution in [0.2, 0.25) is 0 Å². The van der Waals surface area contributed by atoms with Gasteiger partial charge in [0.1, 0.15) is 0 Å². The Hall–Kier alpha value is -0.975. The van der Waals surface area contributed by atoms with E-state index in [-0.39, 0.29) is 18.3 Å². The van der Waals surface area contributed by atoms with E-state index in [2.05, 4.69) is 61.9 Å². The minimum atomic E-state index is -0.299. The van der Waals surface area contributed by atoms with Gasteiger partial charge in [0.15, 0.2) is 0 Å². The van der Waals surface area contributed by atoms with Gasteiger partial charge in [0.25, 0.3) is 0 Å². The molecule has 0 radical (unpaired) electrons. The summed E-state index contributed by atoms with van der Waals surface area (Å²) < 4.78 is 12.2. The van der Waals surface area contributed by atoms with Crippen molar-refractivity contribution in [2.75, 3.05) is 30.8 Å². The van der Waals surface area contributed by atoms with Crippen LogP contribution in [-0.2, 0) is 9.31 Å². The predicted molar refractivity (Wildman–Crippen MR) is 100 cm³/mol. The van der Waals surface area contributed by atoms with Crippen molar-refractivity contribution < 1.29 is 9.31 Å². The first kappa shape index (κ1) is 16.9. The fourth-order valence-corrected chi connectivity index (χ4v) is 3.66. The standard InChI is InChI=1S/C17H25BN2O2S/c1-16(2)17(3,4)22-18(21-16)13-6-8-14(9-7-13)20-10-11-23-15(12-20)19-5/h6-9H,10-12H2,1-5H3. The summed E-state index contributed by atoms with van der Waals surface area (Å²) in [5, 5.41) is 1.20. The zero-order valence-electron chi connectivity index (χ0n) is 14.6. The van der Waals surface area contributed by atoms with Crippen LogP contribution in [0.25, 0.3) is 0 Å². The molecule has 2 aliphatic heterocycles. The third-order valence-corrected chi connectivity index (χ3v) is 6.02. The van der Waals surface area contributed by atoms with Gasteiger partial charge in [0.05, 0.1) is 22.8 Å². The molecule has 0 saturated carbocycles. The first-order chi connectivity index (χ1) is 10.8. The molecule has 6 heteroatoms. The lowest BCUT2D eigenvalue weighted by atomic mass is 9.79. The van der Waals surface area contributed by atoms with E-state index in [1.165, 1.54) is 10.7 Å². The quantitative estimate of drug-likeness (QED) is 0.780. The van der Waals surface area contributed by atoms with Crippen molar-refractivity contribution in [1.82, 2.24) is 0 Å². The Kier molecular flexibility index (Phi) is 4.51. The van der Waals surface area contributed by atoms with Gasteiger partial charge < -0.3 is 14.2 Å². The molecular formula is C17H25BN2O2S. The van der Waals surface area contributed by atoms with Crippen LogP contribution in [0.5, 0.6) is 0 Å². The van der Waals surface area contributed by atoms with Gasteiger partial charge in [0.2, 0.25) is 0 Å². The number of hydrogen-bond acceptors (Lipinski definition) is 5. The van der Waals surface area contributed by atoms with Gasteiger partial charge in [0, 0.05) is 25.0 Å². The minimum Gasteiger partial charge on any atom is -0.399 e. The molecule has 0 amide bonds. The maximum absolute atomic E-state index is 6.11. The number of anilines is 1. The van der Waals surface area contributed by atoms with E-state index in [0.29, 0.717) is 0 Å². The van der Waals surface area contributed by atoms with E-state index in [4.69, 9.17) is 9.31 Å². The third kappa shape index (κ3) is 3.30. The molecule has 1 aromatic carbocycles. The molecule has 0 unspecified atom stereocenters. The second-order valence-electron chi connectivity index (χ2n) is 7.07. The maximum Gasteiger partial charge on any atom is 0.494 e. The number of thioether (sulfide) groups is 1. The molecule has 0 atom stereocenters. The Bertz CT molecular complexity index is 585. The van der Waals surface area contributed by atoms with E-state index in [0.717, 1.165) is 24.3 Å². The number of rotatable bonds is 2. The van der Waals surface area contributed by atoms with Gasteiger partial charge in [-0.25, -0.2) is 0 Å². The van der Waals surface area contributed by atoms with E-state index in [1.54, 1.807) is 0 Å². The van der Waals surface area contributed by atoms with Crippen molar-refractivity contribution in [3.8, 4) is 0 Å². The second kappa shape index (κ2) is 6.15. The Morgan fingerprint density at radius 3 is 2.26 bits per heavy atom. The lowest BCUT2D eigenvalue weighted by Crippen LogP contribution is -2.41. The molecule has 2 heterocycles.